The quantitative estimate of drug-likeness (QED) is 0.808. The van der Waals surface area contributed by atoms with Crippen LogP contribution in [0.5, 0.6) is 0 Å². The van der Waals surface area contributed by atoms with Gasteiger partial charge in [0, 0.05) is 5.02 Å². The highest BCUT2D eigenvalue weighted by atomic mass is 35.5. The fourth-order valence-electron chi connectivity index (χ4n) is 2.46. The Morgan fingerprint density at radius 2 is 1.86 bits per heavy atom. The summed E-state index contributed by atoms with van der Waals surface area (Å²) in [5.41, 5.74) is 1.24. The van der Waals surface area contributed by atoms with Crippen LogP contribution in [0.15, 0.2) is 53.3 Å². The number of hydrogen-bond donors (Lipinski definition) is 1. The molecule has 1 aromatic heterocycles. The Morgan fingerprint density at radius 3 is 2.59 bits per heavy atom. The van der Waals surface area contributed by atoms with E-state index in [9.17, 15) is 9.90 Å². The van der Waals surface area contributed by atoms with Crippen molar-refractivity contribution in [3.05, 3.63) is 75.3 Å². The van der Waals surface area contributed by atoms with Gasteiger partial charge in [0.2, 0.25) is 0 Å². The number of aromatic nitrogens is 2. The molecule has 0 amide bonds. The fraction of sp³-hybridized carbons (Fsp3) is 0.176. The van der Waals surface area contributed by atoms with Gasteiger partial charge in [-0.3, -0.25) is 9.36 Å². The van der Waals surface area contributed by atoms with Crippen molar-refractivity contribution in [3.8, 4) is 0 Å². The molecule has 2 aromatic carbocycles. The molecule has 0 aliphatic carbocycles. The van der Waals surface area contributed by atoms with Crippen LogP contribution in [0.25, 0.3) is 10.9 Å². The molecule has 1 N–H and O–H groups in total. The maximum atomic E-state index is 12.6. The number of aryl methyl sites for hydroxylation is 1. The number of para-hydroxylation sites is 1. The molecule has 0 fully saturated rings. The summed E-state index contributed by atoms with van der Waals surface area (Å²) in [6.07, 6.45) is -0.795. The van der Waals surface area contributed by atoms with E-state index in [-0.39, 0.29) is 12.1 Å². The molecule has 0 radical (unpaired) electrons. The highest BCUT2D eigenvalue weighted by Crippen LogP contribution is 2.18. The molecule has 112 valence electrons. The molecule has 0 saturated heterocycles. The van der Waals surface area contributed by atoms with Gasteiger partial charge in [-0.15, -0.1) is 0 Å². The Morgan fingerprint density at radius 1 is 1.18 bits per heavy atom. The minimum atomic E-state index is -0.795. The van der Waals surface area contributed by atoms with Crippen molar-refractivity contribution in [1.29, 1.82) is 0 Å². The molecular weight excluding hydrogens is 300 g/mol. The maximum Gasteiger partial charge on any atom is 0.261 e. The molecule has 0 unspecified atom stereocenters. The summed E-state index contributed by atoms with van der Waals surface area (Å²) in [7, 11) is 0. The van der Waals surface area contributed by atoms with E-state index in [1.54, 1.807) is 43.3 Å². The zero-order valence-corrected chi connectivity index (χ0v) is 12.8. The topological polar surface area (TPSA) is 55.1 Å². The lowest BCUT2D eigenvalue weighted by Crippen LogP contribution is -2.26. The van der Waals surface area contributed by atoms with Gasteiger partial charge in [0.25, 0.3) is 5.56 Å². The Kier molecular flexibility index (Phi) is 3.96. The third kappa shape index (κ3) is 2.75. The monoisotopic (exact) mass is 314 g/mol. The van der Waals surface area contributed by atoms with E-state index in [2.05, 4.69) is 4.98 Å². The van der Waals surface area contributed by atoms with E-state index in [1.807, 2.05) is 12.1 Å². The van der Waals surface area contributed by atoms with E-state index in [0.29, 0.717) is 27.3 Å². The number of nitrogens with zero attached hydrogens (tertiary/aromatic N) is 2. The normalized spacial score (nSPS) is 12.5. The Bertz CT molecular complexity index is 872. The van der Waals surface area contributed by atoms with Gasteiger partial charge in [-0.05, 0) is 36.8 Å². The second-order valence-corrected chi connectivity index (χ2v) is 5.60. The van der Waals surface area contributed by atoms with Crippen molar-refractivity contribution < 1.29 is 5.11 Å². The standard InChI is InChI=1S/C17H15ClN2O2/c1-11-19-15-5-3-2-4-14(15)17(22)20(11)10-16(21)12-6-8-13(18)9-7-12/h2-9,16,21H,10H2,1H3/t16-/m0/s1. The van der Waals surface area contributed by atoms with Gasteiger partial charge in [-0.1, -0.05) is 35.9 Å². The molecule has 5 heteroatoms. The second-order valence-electron chi connectivity index (χ2n) is 5.16. The average molecular weight is 315 g/mol. The first kappa shape index (κ1) is 14.8. The zero-order valence-electron chi connectivity index (χ0n) is 12.0. The van der Waals surface area contributed by atoms with Gasteiger partial charge in [0.15, 0.2) is 0 Å². The van der Waals surface area contributed by atoms with E-state index in [1.165, 1.54) is 4.57 Å². The first-order chi connectivity index (χ1) is 10.6. The van der Waals surface area contributed by atoms with E-state index < -0.39 is 6.10 Å². The first-order valence-corrected chi connectivity index (χ1v) is 7.34. The highest BCUT2D eigenvalue weighted by molar-refractivity contribution is 6.30. The molecule has 0 bridgehead atoms. The third-order valence-corrected chi connectivity index (χ3v) is 3.91. The number of aliphatic hydroxyl groups excluding tert-OH is 1. The number of fused-ring (bicyclic) bond motifs is 1. The molecule has 3 aromatic rings. The number of aliphatic hydroxyl groups is 1. The second kappa shape index (κ2) is 5.91. The van der Waals surface area contributed by atoms with Gasteiger partial charge in [0.05, 0.1) is 23.6 Å². The Labute approximate surface area is 132 Å². The van der Waals surface area contributed by atoms with Gasteiger partial charge >= 0.3 is 0 Å². The van der Waals surface area contributed by atoms with E-state index in [0.717, 1.165) is 0 Å². The molecule has 0 spiro atoms. The van der Waals surface area contributed by atoms with Crippen LogP contribution in [-0.4, -0.2) is 14.7 Å². The van der Waals surface area contributed by atoms with Crippen LogP contribution in [-0.2, 0) is 6.54 Å². The molecule has 4 nitrogen and oxygen atoms in total. The molecule has 22 heavy (non-hydrogen) atoms. The summed E-state index contributed by atoms with van der Waals surface area (Å²) in [5, 5.41) is 11.5. The molecule has 0 saturated carbocycles. The van der Waals surface area contributed by atoms with Crippen LogP contribution >= 0.6 is 11.6 Å². The molecule has 3 rings (SSSR count). The molecular formula is C17H15ClN2O2. The van der Waals surface area contributed by atoms with Crippen molar-refractivity contribution in [2.45, 2.75) is 19.6 Å². The van der Waals surface area contributed by atoms with Crippen molar-refractivity contribution in [1.82, 2.24) is 9.55 Å². The first-order valence-electron chi connectivity index (χ1n) is 6.96. The predicted octanol–water partition coefficient (Wildman–Crippen LogP) is 3.09. The fourth-order valence-corrected chi connectivity index (χ4v) is 2.58. The number of halogens is 1. The number of hydrogen-bond acceptors (Lipinski definition) is 3. The largest absolute Gasteiger partial charge is 0.387 e. The summed E-state index contributed by atoms with van der Waals surface area (Å²) >= 11 is 5.85. The summed E-state index contributed by atoms with van der Waals surface area (Å²) in [5.74, 6) is 0.580. The van der Waals surface area contributed by atoms with Crippen molar-refractivity contribution in [2.75, 3.05) is 0 Å². The number of benzene rings is 2. The summed E-state index contributed by atoms with van der Waals surface area (Å²) in [4.78, 5) is 17.0. The van der Waals surface area contributed by atoms with Crippen LogP contribution in [0.1, 0.15) is 17.5 Å². The minimum Gasteiger partial charge on any atom is -0.387 e. The van der Waals surface area contributed by atoms with E-state index in [4.69, 9.17) is 11.6 Å². The third-order valence-electron chi connectivity index (χ3n) is 3.66. The lowest BCUT2D eigenvalue weighted by atomic mass is 10.1. The number of rotatable bonds is 3. The van der Waals surface area contributed by atoms with Gasteiger partial charge < -0.3 is 5.11 Å². The van der Waals surface area contributed by atoms with Crippen LogP contribution in [0, 0.1) is 6.92 Å². The van der Waals surface area contributed by atoms with Gasteiger partial charge in [0.1, 0.15) is 5.82 Å². The Hall–Kier alpha value is -2.17. The minimum absolute atomic E-state index is 0.142. The van der Waals surface area contributed by atoms with Crippen molar-refractivity contribution >= 4 is 22.5 Å². The molecule has 0 aliphatic rings. The predicted molar refractivity (Wildman–Crippen MR) is 87.2 cm³/mol. The summed E-state index contributed by atoms with van der Waals surface area (Å²) in [6, 6.07) is 14.1. The Balaban J connectivity index is 2.00. The van der Waals surface area contributed by atoms with Crippen LogP contribution in [0.2, 0.25) is 5.02 Å². The summed E-state index contributed by atoms with van der Waals surface area (Å²) in [6.45, 7) is 1.92. The highest BCUT2D eigenvalue weighted by Gasteiger charge is 2.13. The lowest BCUT2D eigenvalue weighted by Gasteiger charge is -2.15. The maximum absolute atomic E-state index is 12.6. The molecule has 1 heterocycles. The van der Waals surface area contributed by atoms with Crippen LogP contribution < -0.4 is 5.56 Å². The van der Waals surface area contributed by atoms with E-state index >= 15 is 0 Å². The SMILES string of the molecule is Cc1nc2ccccc2c(=O)n1C[C@H](O)c1ccc(Cl)cc1. The lowest BCUT2D eigenvalue weighted by molar-refractivity contribution is 0.154. The molecule has 0 aliphatic heterocycles. The molecule has 1 atom stereocenters. The smallest absolute Gasteiger partial charge is 0.261 e. The average Bonchev–Trinajstić information content (AvgIpc) is 2.52. The van der Waals surface area contributed by atoms with Gasteiger partial charge in [-0.25, -0.2) is 4.98 Å². The van der Waals surface area contributed by atoms with Crippen LogP contribution in [0.3, 0.4) is 0 Å². The summed E-state index contributed by atoms with van der Waals surface area (Å²) < 4.78 is 1.50. The van der Waals surface area contributed by atoms with Gasteiger partial charge in [-0.2, -0.15) is 0 Å². The zero-order chi connectivity index (χ0) is 15.7. The van der Waals surface area contributed by atoms with Crippen molar-refractivity contribution in [2.24, 2.45) is 0 Å². The van der Waals surface area contributed by atoms with Crippen molar-refractivity contribution in [3.63, 3.8) is 0 Å². The van der Waals surface area contributed by atoms with Crippen LogP contribution in [0.4, 0.5) is 0 Å².